The van der Waals surface area contributed by atoms with Gasteiger partial charge in [0.05, 0.1) is 7.11 Å². The predicted octanol–water partition coefficient (Wildman–Crippen LogP) is 3.94. The van der Waals surface area contributed by atoms with Crippen LogP contribution >= 0.6 is 0 Å². The van der Waals surface area contributed by atoms with E-state index in [2.05, 4.69) is 43.0 Å². The third kappa shape index (κ3) is 2.53. The van der Waals surface area contributed by atoms with Crippen LogP contribution in [0.1, 0.15) is 32.3 Å². The van der Waals surface area contributed by atoms with E-state index in [1.54, 1.807) is 29.4 Å². The molecule has 106 valence electrons. The highest BCUT2D eigenvalue weighted by molar-refractivity contribution is 5.48. The van der Waals surface area contributed by atoms with Gasteiger partial charge in [-0.3, -0.25) is 4.90 Å². The standard InChI is InChI=1S/C18H23NO/c1-13-10-14(2)18-12-19(9-8-17(13)18)11-15-4-6-16(20-3)7-5-15/h4-7H,8-12H2,1-3H3. The Balaban J connectivity index is 1.69. The van der Waals surface area contributed by atoms with Crippen molar-refractivity contribution in [1.29, 1.82) is 0 Å². The summed E-state index contributed by atoms with van der Waals surface area (Å²) in [5, 5.41) is 0. The van der Waals surface area contributed by atoms with Gasteiger partial charge in [0, 0.05) is 19.6 Å². The molecular weight excluding hydrogens is 246 g/mol. The maximum atomic E-state index is 5.21. The molecule has 0 bridgehead atoms. The van der Waals surface area contributed by atoms with Gasteiger partial charge in [0.25, 0.3) is 0 Å². The first-order valence-corrected chi connectivity index (χ1v) is 7.40. The number of piperidine rings is 1. The highest BCUT2D eigenvalue weighted by atomic mass is 16.5. The van der Waals surface area contributed by atoms with Crippen molar-refractivity contribution in [2.75, 3.05) is 20.2 Å². The van der Waals surface area contributed by atoms with Crippen LogP contribution in [0, 0.1) is 0 Å². The molecule has 1 aliphatic heterocycles. The van der Waals surface area contributed by atoms with Gasteiger partial charge in [-0.05, 0) is 55.5 Å². The largest absolute Gasteiger partial charge is 0.497 e. The summed E-state index contributed by atoms with van der Waals surface area (Å²) in [5.41, 5.74) is 7.81. The van der Waals surface area contributed by atoms with Gasteiger partial charge in [0.1, 0.15) is 5.75 Å². The number of nitrogens with zero attached hydrogens (tertiary/aromatic N) is 1. The topological polar surface area (TPSA) is 12.5 Å². The molecule has 1 saturated heterocycles. The fourth-order valence-corrected chi connectivity index (χ4v) is 3.42. The second-order valence-corrected chi connectivity index (χ2v) is 6.00. The van der Waals surface area contributed by atoms with Crippen molar-refractivity contribution < 1.29 is 4.74 Å². The van der Waals surface area contributed by atoms with Crippen molar-refractivity contribution in [1.82, 2.24) is 4.90 Å². The van der Waals surface area contributed by atoms with E-state index in [0.717, 1.165) is 18.8 Å². The first-order chi connectivity index (χ1) is 9.67. The number of methoxy groups -OCH3 is 1. The van der Waals surface area contributed by atoms with Crippen LogP contribution in [0.5, 0.6) is 5.75 Å². The first-order valence-electron chi connectivity index (χ1n) is 7.40. The van der Waals surface area contributed by atoms with Gasteiger partial charge >= 0.3 is 0 Å². The van der Waals surface area contributed by atoms with Gasteiger partial charge in [-0.15, -0.1) is 0 Å². The summed E-state index contributed by atoms with van der Waals surface area (Å²) in [5.74, 6) is 0.933. The first kappa shape index (κ1) is 13.4. The van der Waals surface area contributed by atoms with Crippen LogP contribution in [0.2, 0.25) is 0 Å². The third-order valence-corrected chi connectivity index (χ3v) is 4.55. The average Bonchev–Trinajstić information content (AvgIpc) is 2.75. The second-order valence-electron chi connectivity index (χ2n) is 6.00. The molecule has 1 heterocycles. The third-order valence-electron chi connectivity index (χ3n) is 4.55. The van der Waals surface area contributed by atoms with Crippen molar-refractivity contribution in [2.24, 2.45) is 0 Å². The second kappa shape index (κ2) is 5.45. The van der Waals surface area contributed by atoms with Gasteiger partial charge in [0.2, 0.25) is 0 Å². The van der Waals surface area contributed by atoms with Crippen LogP contribution in [0.3, 0.4) is 0 Å². The molecule has 1 aromatic rings. The minimum atomic E-state index is 0.933. The van der Waals surface area contributed by atoms with Crippen LogP contribution in [0.4, 0.5) is 0 Å². The van der Waals surface area contributed by atoms with E-state index < -0.39 is 0 Å². The normalized spacial score (nSPS) is 19.6. The zero-order valence-corrected chi connectivity index (χ0v) is 12.7. The van der Waals surface area contributed by atoms with E-state index in [4.69, 9.17) is 4.74 Å². The molecule has 0 spiro atoms. The molecule has 2 aliphatic rings. The lowest BCUT2D eigenvalue weighted by Gasteiger charge is -2.30. The molecule has 0 unspecified atom stereocenters. The molecule has 0 amide bonds. The van der Waals surface area contributed by atoms with E-state index >= 15 is 0 Å². The number of benzene rings is 1. The average molecular weight is 269 g/mol. The Morgan fingerprint density at radius 2 is 1.75 bits per heavy atom. The number of fused-ring (bicyclic) bond motifs is 1. The van der Waals surface area contributed by atoms with Crippen LogP contribution < -0.4 is 4.74 Å². The summed E-state index contributed by atoms with van der Waals surface area (Å²) in [6.45, 7) is 7.92. The molecule has 0 N–H and O–H groups in total. The molecule has 0 aromatic heterocycles. The Hall–Kier alpha value is -1.54. The number of allylic oxidation sites excluding steroid dienone is 2. The number of hydrogen-bond donors (Lipinski definition) is 0. The molecular formula is C18H23NO. The minimum absolute atomic E-state index is 0.933. The molecule has 1 aromatic carbocycles. The van der Waals surface area contributed by atoms with Crippen LogP contribution in [0.15, 0.2) is 46.6 Å². The van der Waals surface area contributed by atoms with Gasteiger partial charge in [-0.1, -0.05) is 23.3 Å². The monoisotopic (exact) mass is 269 g/mol. The van der Waals surface area contributed by atoms with Gasteiger partial charge in [-0.25, -0.2) is 0 Å². The Morgan fingerprint density at radius 1 is 1.05 bits per heavy atom. The lowest BCUT2D eigenvalue weighted by atomic mass is 9.97. The Morgan fingerprint density at radius 3 is 2.45 bits per heavy atom. The number of hydrogen-bond acceptors (Lipinski definition) is 2. The summed E-state index contributed by atoms with van der Waals surface area (Å²) in [6.07, 6.45) is 2.41. The lowest BCUT2D eigenvalue weighted by Crippen LogP contribution is -2.31. The Kier molecular flexibility index (Phi) is 3.66. The molecule has 3 rings (SSSR count). The maximum Gasteiger partial charge on any atom is 0.118 e. The van der Waals surface area contributed by atoms with Crippen molar-refractivity contribution in [2.45, 2.75) is 33.2 Å². The Bertz CT molecular complexity index is 566. The highest BCUT2D eigenvalue weighted by Crippen LogP contribution is 2.37. The fraction of sp³-hybridized carbons (Fsp3) is 0.444. The SMILES string of the molecule is COc1ccc(CN2CCC3=C(C)CC(C)=C3C2)cc1. The van der Waals surface area contributed by atoms with E-state index in [9.17, 15) is 0 Å². The van der Waals surface area contributed by atoms with Crippen LogP contribution in [-0.4, -0.2) is 25.1 Å². The van der Waals surface area contributed by atoms with E-state index in [1.165, 1.54) is 24.9 Å². The molecule has 20 heavy (non-hydrogen) atoms. The molecule has 2 heteroatoms. The molecule has 1 fully saturated rings. The fourth-order valence-electron chi connectivity index (χ4n) is 3.42. The van der Waals surface area contributed by atoms with Gasteiger partial charge in [0.15, 0.2) is 0 Å². The van der Waals surface area contributed by atoms with Crippen molar-refractivity contribution in [3.8, 4) is 5.75 Å². The summed E-state index contributed by atoms with van der Waals surface area (Å²) in [6, 6.07) is 8.44. The van der Waals surface area contributed by atoms with Gasteiger partial charge in [-0.2, -0.15) is 0 Å². The Labute approximate surface area is 121 Å². The molecule has 0 atom stereocenters. The predicted molar refractivity (Wildman–Crippen MR) is 82.9 cm³/mol. The molecule has 0 saturated carbocycles. The molecule has 0 radical (unpaired) electrons. The van der Waals surface area contributed by atoms with Gasteiger partial charge < -0.3 is 4.74 Å². The summed E-state index contributed by atoms with van der Waals surface area (Å²) < 4.78 is 5.21. The molecule has 2 nitrogen and oxygen atoms in total. The maximum absolute atomic E-state index is 5.21. The number of ether oxygens (including phenoxy) is 1. The lowest BCUT2D eigenvalue weighted by molar-refractivity contribution is 0.276. The molecule has 1 aliphatic carbocycles. The minimum Gasteiger partial charge on any atom is -0.497 e. The summed E-state index contributed by atoms with van der Waals surface area (Å²) >= 11 is 0. The van der Waals surface area contributed by atoms with E-state index in [0.29, 0.717) is 0 Å². The quantitative estimate of drug-likeness (QED) is 0.824. The van der Waals surface area contributed by atoms with Crippen molar-refractivity contribution in [3.63, 3.8) is 0 Å². The highest BCUT2D eigenvalue weighted by Gasteiger charge is 2.25. The van der Waals surface area contributed by atoms with Crippen molar-refractivity contribution in [3.05, 3.63) is 52.1 Å². The van der Waals surface area contributed by atoms with E-state index in [-0.39, 0.29) is 0 Å². The smallest absolute Gasteiger partial charge is 0.118 e. The van der Waals surface area contributed by atoms with Crippen LogP contribution in [0.25, 0.3) is 0 Å². The number of likely N-dealkylation sites (tertiary alicyclic amines) is 1. The van der Waals surface area contributed by atoms with E-state index in [1.807, 2.05) is 0 Å². The summed E-state index contributed by atoms with van der Waals surface area (Å²) in [4.78, 5) is 2.56. The zero-order chi connectivity index (χ0) is 14.1. The summed E-state index contributed by atoms with van der Waals surface area (Å²) in [7, 11) is 1.71. The van der Waals surface area contributed by atoms with Crippen LogP contribution in [-0.2, 0) is 6.54 Å². The van der Waals surface area contributed by atoms with Crippen molar-refractivity contribution >= 4 is 0 Å². The zero-order valence-electron chi connectivity index (χ0n) is 12.7. The number of rotatable bonds is 3.